The monoisotopic (exact) mass is 366 g/mol. The van der Waals surface area contributed by atoms with E-state index >= 15 is 0 Å². The molecule has 0 aliphatic carbocycles. The van der Waals surface area contributed by atoms with Gasteiger partial charge in [-0.2, -0.15) is 0 Å². The molecule has 0 saturated carbocycles. The molecule has 0 amide bonds. The van der Waals surface area contributed by atoms with E-state index < -0.39 is 18.0 Å². The van der Waals surface area contributed by atoms with E-state index in [4.69, 9.17) is 9.47 Å². The highest BCUT2D eigenvalue weighted by Crippen LogP contribution is 2.27. The molecule has 0 N–H and O–H groups in total. The van der Waals surface area contributed by atoms with Gasteiger partial charge in [0.1, 0.15) is 15.9 Å². The zero-order valence-corrected chi connectivity index (χ0v) is 12.5. The Morgan fingerprint density at radius 1 is 1.59 bits per heavy atom. The summed E-state index contributed by atoms with van der Waals surface area (Å²) in [6.07, 6.45) is 3.51. The normalized spacial score (nSPS) is 21.6. The number of halogens is 2. The minimum atomic E-state index is -0.616. The first kappa shape index (κ1) is 14.4. The van der Waals surface area contributed by atoms with Gasteiger partial charge in [0.25, 0.3) is 0 Å². The zero-order chi connectivity index (χ0) is 13.0. The quantitative estimate of drug-likeness (QED) is 0.435. The molecule has 0 aromatic heterocycles. The van der Waals surface area contributed by atoms with E-state index in [2.05, 4.69) is 31.9 Å². The van der Waals surface area contributed by atoms with Crippen molar-refractivity contribution in [2.75, 3.05) is 0 Å². The van der Waals surface area contributed by atoms with E-state index in [1.165, 1.54) is 6.08 Å². The SMILES string of the molecule is C/C=C/C(=O)OC(C)C1=CC(C(Br)Br)OC1=O. The number of allylic oxidation sites excluding steroid dienone is 1. The van der Waals surface area contributed by atoms with Gasteiger partial charge in [0.05, 0.1) is 5.57 Å². The van der Waals surface area contributed by atoms with Crippen LogP contribution in [0.4, 0.5) is 0 Å². The second-order valence-corrected chi connectivity index (χ2v) is 6.61. The van der Waals surface area contributed by atoms with Gasteiger partial charge in [0.15, 0.2) is 0 Å². The first-order valence-corrected chi connectivity index (χ1v) is 6.83. The van der Waals surface area contributed by atoms with Crippen molar-refractivity contribution < 1.29 is 19.1 Å². The highest BCUT2D eigenvalue weighted by molar-refractivity contribution is 9.24. The number of ether oxygens (including phenoxy) is 2. The Hall–Kier alpha value is -0.620. The van der Waals surface area contributed by atoms with Gasteiger partial charge in [0.2, 0.25) is 0 Å². The zero-order valence-electron chi connectivity index (χ0n) is 9.35. The van der Waals surface area contributed by atoms with E-state index in [-0.39, 0.29) is 9.84 Å². The van der Waals surface area contributed by atoms with Crippen LogP contribution in [0.25, 0.3) is 0 Å². The first-order chi connectivity index (χ1) is 7.95. The average molecular weight is 368 g/mol. The Labute approximate surface area is 116 Å². The van der Waals surface area contributed by atoms with Crippen LogP contribution in [0.1, 0.15) is 13.8 Å². The summed E-state index contributed by atoms with van der Waals surface area (Å²) < 4.78 is 9.95. The molecule has 94 valence electrons. The summed E-state index contributed by atoms with van der Waals surface area (Å²) >= 11 is 6.51. The number of carbonyl (C=O) groups excluding carboxylic acids is 2. The van der Waals surface area contributed by atoms with Gasteiger partial charge in [-0.05, 0) is 19.9 Å². The van der Waals surface area contributed by atoms with E-state index in [1.54, 1.807) is 26.0 Å². The number of hydrogen-bond acceptors (Lipinski definition) is 4. The lowest BCUT2D eigenvalue weighted by molar-refractivity contribution is -0.144. The van der Waals surface area contributed by atoms with E-state index in [0.29, 0.717) is 5.57 Å². The smallest absolute Gasteiger partial charge is 0.338 e. The van der Waals surface area contributed by atoms with Gasteiger partial charge in [-0.1, -0.05) is 37.9 Å². The van der Waals surface area contributed by atoms with Crippen LogP contribution < -0.4 is 0 Å². The lowest BCUT2D eigenvalue weighted by atomic mass is 10.1. The van der Waals surface area contributed by atoms with E-state index in [1.807, 2.05) is 0 Å². The van der Waals surface area contributed by atoms with Crippen LogP contribution in [0.15, 0.2) is 23.8 Å². The molecule has 0 fully saturated rings. The third-order valence-corrected chi connectivity index (χ3v) is 3.15. The molecule has 2 unspecified atom stereocenters. The van der Waals surface area contributed by atoms with Gasteiger partial charge in [-0.15, -0.1) is 0 Å². The van der Waals surface area contributed by atoms with Crippen LogP contribution >= 0.6 is 31.9 Å². The third kappa shape index (κ3) is 3.96. The third-order valence-electron chi connectivity index (χ3n) is 2.10. The molecular formula is C11H12Br2O4. The molecule has 0 aromatic carbocycles. The van der Waals surface area contributed by atoms with E-state index in [0.717, 1.165) is 0 Å². The maximum atomic E-state index is 11.5. The molecule has 6 heteroatoms. The van der Waals surface area contributed by atoms with Crippen molar-refractivity contribution in [3.63, 3.8) is 0 Å². The summed E-state index contributed by atoms with van der Waals surface area (Å²) in [4.78, 5) is 22.8. The molecule has 0 spiro atoms. The molecule has 2 atom stereocenters. The molecule has 4 nitrogen and oxygen atoms in total. The van der Waals surface area contributed by atoms with Crippen LogP contribution in [-0.4, -0.2) is 27.9 Å². The van der Waals surface area contributed by atoms with E-state index in [9.17, 15) is 9.59 Å². The van der Waals surface area contributed by atoms with Crippen molar-refractivity contribution in [3.8, 4) is 0 Å². The van der Waals surface area contributed by atoms with Crippen molar-refractivity contribution >= 4 is 43.8 Å². The fraction of sp³-hybridized carbons (Fsp3) is 0.455. The maximum absolute atomic E-state index is 11.5. The largest absolute Gasteiger partial charge is 0.454 e. The number of carbonyl (C=O) groups is 2. The van der Waals surface area contributed by atoms with Crippen LogP contribution in [0, 0.1) is 0 Å². The number of cyclic esters (lactones) is 1. The van der Waals surface area contributed by atoms with Crippen molar-refractivity contribution in [2.24, 2.45) is 0 Å². The van der Waals surface area contributed by atoms with Gasteiger partial charge < -0.3 is 9.47 Å². The Kier molecular flexibility index (Phi) is 5.39. The highest BCUT2D eigenvalue weighted by Gasteiger charge is 2.33. The number of hydrogen-bond donors (Lipinski definition) is 0. The second-order valence-electron chi connectivity index (χ2n) is 3.41. The minimum absolute atomic E-state index is 0.158. The molecule has 0 aromatic rings. The molecule has 1 heterocycles. The molecule has 0 saturated heterocycles. The Morgan fingerprint density at radius 2 is 2.24 bits per heavy atom. The van der Waals surface area contributed by atoms with Gasteiger partial charge in [-0.3, -0.25) is 0 Å². The molecule has 1 aliphatic rings. The predicted molar refractivity (Wildman–Crippen MR) is 70.0 cm³/mol. The molecule has 0 bridgehead atoms. The van der Waals surface area contributed by atoms with Crippen molar-refractivity contribution in [2.45, 2.75) is 29.8 Å². The number of rotatable bonds is 4. The summed E-state index contributed by atoms with van der Waals surface area (Å²) in [6.45, 7) is 3.35. The first-order valence-electron chi connectivity index (χ1n) is 5.00. The summed E-state index contributed by atoms with van der Waals surface area (Å²) in [5, 5.41) is 0. The molecule has 1 aliphatic heterocycles. The second kappa shape index (κ2) is 6.35. The number of alkyl halides is 2. The lowest BCUT2D eigenvalue weighted by Gasteiger charge is -2.10. The Bertz CT molecular complexity index is 374. The Balaban J connectivity index is 2.69. The predicted octanol–water partition coefficient (Wildman–Crippen LogP) is 2.46. The minimum Gasteiger partial charge on any atom is -0.454 e. The lowest BCUT2D eigenvalue weighted by Crippen LogP contribution is -2.20. The summed E-state index contributed by atoms with van der Waals surface area (Å²) in [7, 11) is 0. The molecule has 17 heavy (non-hydrogen) atoms. The average Bonchev–Trinajstić information content (AvgIpc) is 2.60. The standard InChI is InChI=1S/C11H12Br2O4/c1-3-4-9(14)16-6(2)7-5-8(10(12)13)17-11(7)15/h3-6,8,10H,1-2H3/b4-3+. The fourth-order valence-corrected chi connectivity index (χ4v) is 1.83. The highest BCUT2D eigenvalue weighted by atomic mass is 79.9. The summed E-state index contributed by atoms with van der Waals surface area (Å²) in [5.41, 5.74) is 0.358. The summed E-state index contributed by atoms with van der Waals surface area (Å²) in [5.74, 6) is -0.939. The van der Waals surface area contributed by atoms with Crippen molar-refractivity contribution in [1.29, 1.82) is 0 Å². The topological polar surface area (TPSA) is 52.6 Å². The fourth-order valence-electron chi connectivity index (χ4n) is 1.31. The van der Waals surface area contributed by atoms with Crippen LogP contribution in [0.3, 0.4) is 0 Å². The van der Waals surface area contributed by atoms with Crippen molar-refractivity contribution in [3.05, 3.63) is 23.8 Å². The number of esters is 2. The van der Waals surface area contributed by atoms with Crippen molar-refractivity contribution in [1.82, 2.24) is 0 Å². The van der Waals surface area contributed by atoms with Gasteiger partial charge in [-0.25, -0.2) is 9.59 Å². The maximum Gasteiger partial charge on any atom is 0.338 e. The molecule has 1 rings (SSSR count). The van der Waals surface area contributed by atoms with Gasteiger partial charge in [0, 0.05) is 6.08 Å². The molecular weight excluding hydrogens is 356 g/mol. The van der Waals surface area contributed by atoms with Crippen LogP contribution in [0.5, 0.6) is 0 Å². The van der Waals surface area contributed by atoms with Crippen LogP contribution in [-0.2, 0) is 19.1 Å². The molecule has 0 radical (unpaired) electrons. The van der Waals surface area contributed by atoms with Crippen LogP contribution in [0.2, 0.25) is 0 Å². The Morgan fingerprint density at radius 3 is 2.71 bits per heavy atom. The van der Waals surface area contributed by atoms with Gasteiger partial charge >= 0.3 is 11.9 Å². The summed E-state index contributed by atoms with van der Waals surface area (Å²) in [6, 6.07) is 0.